The van der Waals surface area contributed by atoms with Crippen molar-refractivity contribution in [3.8, 4) is 11.8 Å². The number of fused-ring (bicyclic) bond motifs is 2. The van der Waals surface area contributed by atoms with Gasteiger partial charge < -0.3 is 14.5 Å². The molecule has 0 saturated carbocycles. The highest BCUT2D eigenvalue weighted by molar-refractivity contribution is 7.16. The van der Waals surface area contributed by atoms with Gasteiger partial charge >= 0.3 is 5.63 Å². The molecule has 0 fully saturated rings. The zero-order valence-electron chi connectivity index (χ0n) is 16.7. The number of ether oxygens (including phenoxy) is 1. The molecule has 4 rings (SSSR count). The van der Waals surface area contributed by atoms with Crippen LogP contribution in [0.1, 0.15) is 47.8 Å². The lowest BCUT2D eigenvalue weighted by atomic mass is 10.1. The number of amides is 1. The van der Waals surface area contributed by atoms with Crippen LogP contribution in [0.2, 0.25) is 0 Å². The van der Waals surface area contributed by atoms with Crippen molar-refractivity contribution < 1.29 is 13.9 Å². The minimum absolute atomic E-state index is 0.198. The fraction of sp³-hybridized carbons (Fsp3) is 0.348. The van der Waals surface area contributed by atoms with Gasteiger partial charge in [0.25, 0.3) is 5.91 Å². The number of nitriles is 1. The van der Waals surface area contributed by atoms with Crippen LogP contribution >= 0.6 is 11.3 Å². The Bertz CT molecular complexity index is 1200. The van der Waals surface area contributed by atoms with Gasteiger partial charge in [-0.1, -0.05) is 13.3 Å². The van der Waals surface area contributed by atoms with E-state index in [-0.39, 0.29) is 12.5 Å². The SMILES string of the molecule is CCc1cc(=O)oc2cc(OCC(=O)Nc3sc4c(c3C#N)CCCCC4)ccc12. The van der Waals surface area contributed by atoms with E-state index in [4.69, 9.17) is 9.15 Å². The third-order valence-electron chi connectivity index (χ3n) is 5.34. The van der Waals surface area contributed by atoms with Gasteiger partial charge in [0, 0.05) is 22.4 Å². The number of carbonyl (C=O) groups excluding carboxylic acids is 1. The molecule has 0 aliphatic heterocycles. The largest absolute Gasteiger partial charge is 0.484 e. The molecule has 1 amide bonds. The summed E-state index contributed by atoms with van der Waals surface area (Å²) in [5.74, 6) is 0.114. The summed E-state index contributed by atoms with van der Waals surface area (Å²) in [6.07, 6.45) is 5.94. The Morgan fingerprint density at radius 1 is 1.27 bits per heavy atom. The summed E-state index contributed by atoms with van der Waals surface area (Å²) >= 11 is 1.50. The van der Waals surface area contributed by atoms with Gasteiger partial charge in [0.05, 0.1) is 5.56 Å². The number of carbonyl (C=O) groups is 1. The molecule has 2 aromatic heterocycles. The van der Waals surface area contributed by atoms with Crippen molar-refractivity contribution in [2.24, 2.45) is 0 Å². The van der Waals surface area contributed by atoms with E-state index in [2.05, 4.69) is 11.4 Å². The van der Waals surface area contributed by atoms with Gasteiger partial charge in [0.1, 0.15) is 22.4 Å². The molecule has 0 atom stereocenters. The molecule has 6 nitrogen and oxygen atoms in total. The number of anilines is 1. The fourth-order valence-electron chi connectivity index (χ4n) is 3.85. The molecule has 1 N–H and O–H groups in total. The van der Waals surface area contributed by atoms with Crippen LogP contribution in [-0.2, 0) is 24.1 Å². The topological polar surface area (TPSA) is 92.3 Å². The molecule has 0 unspecified atom stereocenters. The smallest absolute Gasteiger partial charge is 0.336 e. The number of aryl methyl sites for hydroxylation is 2. The number of nitrogens with zero attached hydrogens (tertiary/aromatic N) is 1. The first-order chi connectivity index (χ1) is 14.6. The molecular weight excluding hydrogens is 400 g/mol. The number of benzene rings is 1. The van der Waals surface area contributed by atoms with E-state index in [1.165, 1.54) is 28.7 Å². The first kappa shape index (κ1) is 20.2. The number of nitrogens with one attached hydrogen (secondary N) is 1. The molecule has 7 heteroatoms. The van der Waals surface area contributed by atoms with Crippen molar-refractivity contribution in [3.63, 3.8) is 0 Å². The Hall–Kier alpha value is -3.11. The standard InChI is InChI=1S/C23H22N2O4S/c1-2-14-10-22(27)29-19-11-15(8-9-16(14)19)28-13-21(26)25-23-18(12-24)17-6-4-3-5-7-20(17)30-23/h8-11H,2-7,13H2,1H3,(H,25,26). The van der Waals surface area contributed by atoms with Crippen LogP contribution in [0.3, 0.4) is 0 Å². The molecule has 2 heterocycles. The quantitative estimate of drug-likeness (QED) is 0.480. The lowest BCUT2D eigenvalue weighted by Gasteiger charge is -2.08. The maximum atomic E-state index is 12.4. The summed E-state index contributed by atoms with van der Waals surface area (Å²) in [4.78, 5) is 25.4. The van der Waals surface area contributed by atoms with E-state index in [0.717, 1.165) is 48.6 Å². The number of hydrogen-bond donors (Lipinski definition) is 1. The van der Waals surface area contributed by atoms with Crippen LogP contribution in [0.25, 0.3) is 11.0 Å². The minimum atomic E-state index is -0.407. The van der Waals surface area contributed by atoms with Crippen molar-refractivity contribution in [1.82, 2.24) is 0 Å². The molecule has 0 radical (unpaired) electrons. The first-order valence-corrected chi connectivity index (χ1v) is 10.9. The van der Waals surface area contributed by atoms with Gasteiger partial charge in [-0.3, -0.25) is 4.79 Å². The maximum Gasteiger partial charge on any atom is 0.336 e. The summed E-state index contributed by atoms with van der Waals surface area (Å²) in [6, 6.07) is 8.95. The summed E-state index contributed by atoms with van der Waals surface area (Å²) in [5, 5.41) is 13.9. The highest BCUT2D eigenvalue weighted by atomic mass is 32.1. The molecule has 0 spiro atoms. The van der Waals surface area contributed by atoms with E-state index in [1.54, 1.807) is 12.1 Å². The Labute approximate surface area is 178 Å². The minimum Gasteiger partial charge on any atom is -0.484 e. The fourth-order valence-corrected chi connectivity index (χ4v) is 5.11. The lowest BCUT2D eigenvalue weighted by molar-refractivity contribution is -0.118. The molecule has 1 aromatic carbocycles. The summed E-state index contributed by atoms with van der Waals surface area (Å²) in [6.45, 7) is 1.78. The van der Waals surface area contributed by atoms with Crippen LogP contribution in [-0.4, -0.2) is 12.5 Å². The Balaban J connectivity index is 1.47. The summed E-state index contributed by atoms with van der Waals surface area (Å²) < 4.78 is 10.9. The molecule has 0 bridgehead atoms. The van der Waals surface area contributed by atoms with Crippen molar-refractivity contribution in [2.45, 2.75) is 45.4 Å². The van der Waals surface area contributed by atoms with E-state index in [1.807, 2.05) is 13.0 Å². The van der Waals surface area contributed by atoms with Crippen LogP contribution in [0, 0.1) is 11.3 Å². The van der Waals surface area contributed by atoms with E-state index >= 15 is 0 Å². The molecular formula is C23H22N2O4S. The third kappa shape index (κ3) is 4.10. The second-order valence-electron chi connectivity index (χ2n) is 7.32. The van der Waals surface area contributed by atoms with Crippen molar-refractivity contribution in [2.75, 3.05) is 11.9 Å². The van der Waals surface area contributed by atoms with E-state index < -0.39 is 5.63 Å². The summed E-state index contributed by atoms with van der Waals surface area (Å²) in [7, 11) is 0. The van der Waals surface area contributed by atoms with Crippen LogP contribution < -0.4 is 15.7 Å². The van der Waals surface area contributed by atoms with Crippen molar-refractivity contribution in [3.05, 3.63) is 56.3 Å². The van der Waals surface area contributed by atoms with Gasteiger partial charge in [0.15, 0.2) is 6.61 Å². The second-order valence-corrected chi connectivity index (χ2v) is 8.42. The van der Waals surface area contributed by atoms with Gasteiger partial charge in [-0.15, -0.1) is 11.3 Å². The Morgan fingerprint density at radius 2 is 2.10 bits per heavy atom. The van der Waals surface area contributed by atoms with Gasteiger partial charge in [0.2, 0.25) is 0 Å². The number of hydrogen-bond acceptors (Lipinski definition) is 6. The maximum absolute atomic E-state index is 12.4. The van der Waals surface area contributed by atoms with Gasteiger partial charge in [-0.25, -0.2) is 4.79 Å². The van der Waals surface area contributed by atoms with Crippen LogP contribution in [0.4, 0.5) is 5.00 Å². The predicted molar refractivity (Wildman–Crippen MR) is 116 cm³/mol. The molecule has 3 aromatic rings. The third-order valence-corrected chi connectivity index (χ3v) is 6.55. The van der Waals surface area contributed by atoms with Crippen LogP contribution in [0.15, 0.2) is 33.5 Å². The highest BCUT2D eigenvalue weighted by Gasteiger charge is 2.21. The first-order valence-electron chi connectivity index (χ1n) is 10.1. The number of thiophene rings is 1. The zero-order chi connectivity index (χ0) is 21.1. The predicted octanol–water partition coefficient (Wildman–Crippen LogP) is 4.57. The van der Waals surface area contributed by atoms with Crippen molar-refractivity contribution in [1.29, 1.82) is 5.26 Å². The second kappa shape index (κ2) is 8.72. The molecule has 0 saturated heterocycles. The van der Waals surface area contributed by atoms with E-state index in [0.29, 0.717) is 21.9 Å². The normalized spacial score (nSPS) is 13.3. The van der Waals surface area contributed by atoms with Crippen molar-refractivity contribution >= 4 is 33.2 Å². The van der Waals surface area contributed by atoms with Crippen LogP contribution in [0.5, 0.6) is 5.75 Å². The van der Waals surface area contributed by atoms with Gasteiger partial charge in [-0.2, -0.15) is 5.26 Å². The Morgan fingerprint density at radius 3 is 2.90 bits per heavy atom. The Kier molecular flexibility index (Phi) is 5.86. The number of rotatable bonds is 5. The zero-order valence-corrected chi connectivity index (χ0v) is 17.6. The monoisotopic (exact) mass is 422 g/mol. The van der Waals surface area contributed by atoms with Gasteiger partial charge in [-0.05, 0) is 55.4 Å². The summed E-state index contributed by atoms with van der Waals surface area (Å²) in [5.41, 5.74) is 2.62. The lowest BCUT2D eigenvalue weighted by Crippen LogP contribution is -2.20. The average Bonchev–Trinajstić information content (AvgIpc) is 2.90. The highest BCUT2D eigenvalue weighted by Crippen LogP contribution is 2.37. The molecule has 1 aliphatic rings. The van der Waals surface area contributed by atoms with E-state index in [9.17, 15) is 14.9 Å². The molecule has 1 aliphatic carbocycles. The molecule has 30 heavy (non-hydrogen) atoms. The molecule has 154 valence electrons. The average molecular weight is 423 g/mol.